The first-order chi connectivity index (χ1) is 10.2. The van der Waals surface area contributed by atoms with Crippen molar-refractivity contribution >= 4 is 5.97 Å². The van der Waals surface area contributed by atoms with Gasteiger partial charge >= 0.3 is 5.97 Å². The zero-order valence-electron chi connectivity index (χ0n) is 12.0. The van der Waals surface area contributed by atoms with Crippen LogP contribution in [0.2, 0.25) is 0 Å². The van der Waals surface area contributed by atoms with Crippen molar-refractivity contribution in [2.75, 3.05) is 6.61 Å². The molecule has 1 aliphatic carbocycles. The molecule has 0 radical (unpaired) electrons. The lowest BCUT2D eigenvalue weighted by Gasteiger charge is -2.13. The number of aromatic carboxylic acids is 1. The van der Waals surface area contributed by atoms with Gasteiger partial charge in [-0.05, 0) is 31.4 Å². The van der Waals surface area contributed by atoms with Crippen molar-refractivity contribution in [3.63, 3.8) is 0 Å². The smallest absolute Gasteiger partial charge is 0.339 e. The summed E-state index contributed by atoms with van der Waals surface area (Å²) in [7, 11) is 0. The lowest BCUT2D eigenvalue weighted by Crippen LogP contribution is -2.08. The summed E-state index contributed by atoms with van der Waals surface area (Å²) in [6, 6.07) is 7.62. The summed E-state index contributed by atoms with van der Waals surface area (Å²) in [5.41, 5.74) is 1.89. The minimum absolute atomic E-state index is 0.290. The molecule has 0 atom stereocenters. The lowest BCUT2D eigenvalue weighted by molar-refractivity contribution is 0.0695. The number of para-hydroxylation sites is 2. The van der Waals surface area contributed by atoms with E-state index >= 15 is 0 Å². The highest BCUT2D eigenvalue weighted by Gasteiger charge is 2.33. The van der Waals surface area contributed by atoms with Crippen LogP contribution in [0.1, 0.15) is 48.2 Å². The Morgan fingerprint density at radius 1 is 1.43 bits per heavy atom. The molecule has 1 N–H and O–H groups in total. The van der Waals surface area contributed by atoms with Gasteiger partial charge in [0.25, 0.3) is 0 Å². The van der Waals surface area contributed by atoms with Crippen molar-refractivity contribution in [2.45, 2.75) is 32.1 Å². The highest BCUT2D eigenvalue weighted by atomic mass is 16.5. The molecule has 0 aliphatic heterocycles. The maximum Gasteiger partial charge on any atom is 0.339 e. The second-order valence-electron chi connectivity index (χ2n) is 5.25. The number of nitrogens with zero attached hydrogens (tertiary/aromatic N) is 2. The van der Waals surface area contributed by atoms with E-state index in [1.807, 2.05) is 24.3 Å². The molecule has 1 aliphatic rings. The molecule has 1 saturated carbocycles. The number of ether oxygens (including phenoxy) is 1. The van der Waals surface area contributed by atoms with Gasteiger partial charge in [0.05, 0.1) is 18.5 Å². The zero-order chi connectivity index (χ0) is 14.8. The standard InChI is InChI=1S/C16H18N2O3/c1-2-9-21-14-6-4-3-5-13(14)18-15(11-7-8-11)12(10-17-18)16(19)20/h3-6,10-11H,2,7-9H2,1H3,(H,19,20). The highest BCUT2D eigenvalue weighted by molar-refractivity contribution is 5.89. The van der Waals surface area contributed by atoms with E-state index in [9.17, 15) is 9.90 Å². The number of hydrogen-bond donors (Lipinski definition) is 1. The number of carboxylic acid groups (broad SMARTS) is 1. The molecule has 1 aromatic carbocycles. The van der Waals surface area contributed by atoms with E-state index in [0.717, 1.165) is 36.4 Å². The predicted octanol–water partition coefficient (Wildman–Crippen LogP) is 3.24. The van der Waals surface area contributed by atoms with Crippen LogP contribution < -0.4 is 4.74 Å². The van der Waals surface area contributed by atoms with E-state index < -0.39 is 5.97 Å². The van der Waals surface area contributed by atoms with Gasteiger partial charge < -0.3 is 9.84 Å². The fraction of sp³-hybridized carbons (Fsp3) is 0.375. The average Bonchev–Trinajstić information content (AvgIpc) is 3.23. The molecule has 21 heavy (non-hydrogen) atoms. The third-order valence-electron chi connectivity index (χ3n) is 3.56. The average molecular weight is 286 g/mol. The van der Waals surface area contributed by atoms with Crippen molar-refractivity contribution < 1.29 is 14.6 Å². The Balaban J connectivity index is 2.06. The van der Waals surface area contributed by atoms with Crippen LogP contribution in [-0.4, -0.2) is 27.5 Å². The summed E-state index contributed by atoms with van der Waals surface area (Å²) in [6.07, 6.45) is 4.39. The Bertz CT molecular complexity index is 659. The summed E-state index contributed by atoms with van der Waals surface area (Å²) in [6.45, 7) is 2.68. The number of carbonyl (C=O) groups is 1. The SMILES string of the molecule is CCCOc1ccccc1-n1ncc(C(=O)O)c1C1CC1. The van der Waals surface area contributed by atoms with Gasteiger partial charge in [0.2, 0.25) is 0 Å². The molecule has 0 spiro atoms. The summed E-state index contributed by atoms with van der Waals surface area (Å²) in [5, 5.41) is 13.6. The van der Waals surface area contributed by atoms with Crippen LogP contribution in [0.25, 0.3) is 5.69 Å². The van der Waals surface area contributed by atoms with Crippen LogP contribution in [0.3, 0.4) is 0 Å². The molecule has 0 bridgehead atoms. The Kier molecular flexibility index (Phi) is 3.64. The number of aromatic nitrogens is 2. The minimum atomic E-state index is -0.921. The molecule has 1 heterocycles. The summed E-state index contributed by atoms with van der Waals surface area (Å²) in [5.74, 6) is 0.106. The van der Waals surface area contributed by atoms with E-state index in [-0.39, 0.29) is 5.92 Å². The van der Waals surface area contributed by atoms with Gasteiger partial charge in [-0.2, -0.15) is 5.10 Å². The van der Waals surface area contributed by atoms with Crippen LogP contribution in [0.4, 0.5) is 0 Å². The van der Waals surface area contributed by atoms with Crippen molar-refractivity contribution in [1.82, 2.24) is 9.78 Å². The van der Waals surface area contributed by atoms with Gasteiger partial charge in [-0.25, -0.2) is 9.48 Å². The van der Waals surface area contributed by atoms with Gasteiger partial charge in [0.15, 0.2) is 0 Å². The maximum absolute atomic E-state index is 11.4. The predicted molar refractivity (Wildman–Crippen MR) is 78.3 cm³/mol. The van der Waals surface area contributed by atoms with Gasteiger partial charge in [-0.15, -0.1) is 0 Å². The lowest BCUT2D eigenvalue weighted by atomic mass is 10.1. The van der Waals surface area contributed by atoms with Gasteiger partial charge in [-0.1, -0.05) is 19.1 Å². The Morgan fingerprint density at radius 3 is 2.86 bits per heavy atom. The van der Waals surface area contributed by atoms with Crippen LogP contribution >= 0.6 is 0 Å². The molecule has 1 fully saturated rings. The molecular weight excluding hydrogens is 268 g/mol. The second kappa shape index (κ2) is 5.60. The molecule has 3 rings (SSSR count). The van der Waals surface area contributed by atoms with Crippen LogP contribution in [0, 0.1) is 0 Å². The summed E-state index contributed by atoms with van der Waals surface area (Å²) in [4.78, 5) is 11.4. The maximum atomic E-state index is 11.4. The van der Waals surface area contributed by atoms with Gasteiger partial charge in [0, 0.05) is 5.92 Å². The normalized spacial score (nSPS) is 14.1. The van der Waals surface area contributed by atoms with E-state index in [0.29, 0.717) is 12.2 Å². The summed E-state index contributed by atoms with van der Waals surface area (Å²) >= 11 is 0. The Hall–Kier alpha value is -2.30. The number of carboxylic acids is 1. The van der Waals surface area contributed by atoms with Crippen LogP contribution in [0.5, 0.6) is 5.75 Å². The quantitative estimate of drug-likeness (QED) is 0.885. The zero-order valence-corrected chi connectivity index (χ0v) is 12.0. The van der Waals surface area contributed by atoms with Gasteiger partial charge in [0.1, 0.15) is 17.0 Å². The third kappa shape index (κ3) is 2.63. The molecule has 5 heteroatoms. The Morgan fingerprint density at radius 2 is 2.19 bits per heavy atom. The summed E-state index contributed by atoms with van der Waals surface area (Å²) < 4.78 is 7.49. The van der Waals surface area contributed by atoms with E-state index in [2.05, 4.69) is 12.0 Å². The fourth-order valence-corrected chi connectivity index (χ4v) is 2.43. The monoisotopic (exact) mass is 286 g/mol. The largest absolute Gasteiger partial charge is 0.491 e. The van der Waals surface area contributed by atoms with E-state index in [1.54, 1.807) is 4.68 Å². The minimum Gasteiger partial charge on any atom is -0.491 e. The van der Waals surface area contributed by atoms with Gasteiger partial charge in [-0.3, -0.25) is 0 Å². The van der Waals surface area contributed by atoms with Crippen molar-refractivity contribution in [3.8, 4) is 11.4 Å². The number of hydrogen-bond acceptors (Lipinski definition) is 3. The molecule has 5 nitrogen and oxygen atoms in total. The molecule has 1 aromatic heterocycles. The molecule has 110 valence electrons. The van der Waals surface area contributed by atoms with Crippen molar-refractivity contribution in [3.05, 3.63) is 41.7 Å². The first-order valence-electron chi connectivity index (χ1n) is 7.25. The fourth-order valence-electron chi connectivity index (χ4n) is 2.43. The van der Waals surface area contributed by atoms with E-state index in [4.69, 9.17) is 4.74 Å². The molecular formula is C16H18N2O3. The van der Waals surface area contributed by atoms with E-state index in [1.165, 1.54) is 6.20 Å². The molecule has 0 amide bonds. The third-order valence-corrected chi connectivity index (χ3v) is 3.56. The molecule has 2 aromatic rings. The second-order valence-corrected chi connectivity index (χ2v) is 5.25. The highest BCUT2D eigenvalue weighted by Crippen LogP contribution is 2.43. The number of rotatable bonds is 6. The van der Waals surface area contributed by atoms with Crippen LogP contribution in [0.15, 0.2) is 30.5 Å². The Labute approximate surface area is 123 Å². The van der Waals surface area contributed by atoms with Crippen molar-refractivity contribution in [1.29, 1.82) is 0 Å². The first kappa shape index (κ1) is 13.7. The number of benzene rings is 1. The molecule has 0 saturated heterocycles. The first-order valence-corrected chi connectivity index (χ1v) is 7.25. The van der Waals surface area contributed by atoms with Crippen LogP contribution in [-0.2, 0) is 0 Å². The van der Waals surface area contributed by atoms with Crippen molar-refractivity contribution in [2.24, 2.45) is 0 Å². The topological polar surface area (TPSA) is 64.4 Å². The molecule has 0 unspecified atom stereocenters.